The maximum atomic E-state index is 13.4. The molecule has 0 N–H and O–H groups in total. The van der Waals surface area contributed by atoms with E-state index in [0.717, 1.165) is 9.18 Å². The third-order valence-corrected chi connectivity index (χ3v) is 9.52. The van der Waals surface area contributed by atoms with Crippen molar-refractivity contribution in [3.8, 4) is 16.5 Å². The van der Waals surface area contributed by atoms with Gasteiger partial charge in [0.1, 0.15) is 16.5 Å². The van der Waals surface area contributed by atoms with Gasteiger partial charge in [-0.15, -0.1) is 11.3 Å². The molecule has 10 heteroatoms. The normalized spacial score (nSPS) is 15.5. The van der Waals surface area contributed by atoms with Gasteiger partial charge < -0.3 is 4.42 Å². The summed E-state index contributed by atoms with van der Waals surface area (Å²) in [5.74, 6) is -0.323. The molecule has 0 atom stereocenters. The predicted molar refractivity (Wildman–Crippen MR) is 117 cm³/mol. The molecule has 0 saturated heterocycles. The molecule has 156 valence electrons. The van der Waals surface area contributed by atoms with Gasteiger partial charge in [-0.1, -0.05) is 24.3 Å². The van der Waals surface area contributed by atoms with Crippen LogP contribution in [0.25, 0.3) is 21.4 Å². The molecule has 3 heterocycles. The van der Waals surface area contributed by atoms with Crippen molar-refractivity contribution in [3.63, 3.8) is 0 Å². The summed E-state index contributed by atoms with van der Waals surface area (Å²) >= 11 is 1.25. The summed E-state index contributed by atoms with van der Waals surface area (Å²) in [6.45, 7) is -0.216. The average molecular weight is 471 g/mol. The number of furan rings is 1. The van der Waals surface area contributed by atoms with E-state index in [1.807, 2.05) is 0 Å². The Morgan fingerprint density at radius 1 is 1.06 bits per heavy atom. The smallest absolute Gasteiger partial charge is 0.297 e. The van der Waals surface area contributed by atoms with Gasteiger partial charge in [-0.3, -0.25) is 4.31 Å². The van der Waals surface area contributed by atoms with Crippen LogP contribution in [0.5, 0.6) is 0 Å². The molecule has 7 nitrogen and oxygen atoms in total. The topological polar surface area (TPSA) is 108 Å². The second-order valence-corrected chi connectivity index (χ2v) is 11.9. The van der Waals surface area contributed by atoms with Crippen LogP contribution < -0.4 is 4.31 Å². The Labute approximate surface area is 182 Å². The first-order valence-electron chi connectivity index (χ1n) is 9.18. The zero-order valence-corrected chi connectivity index (χ0v) is 18.3. The van der Waals surface area contributed by atoms with E-state index in [0.29, 0.717) is 21.4 Å². The number of anilines is 1. The first-order valence-corrected chi connectivity index (χ1v) is 13.1. The van der Waals surface area contributed by atoms with Crippen LogP contribution in [0.15, 0.2) is 75.1 Å². The Bertz CT molecular complexity index is 1560. The van der Waals surface area contributed by atoms with Crippen molar-refractivity contribution in [2.45, 2.75) is 9.99 Å². The molecule has 1 aliphatic heterocycles. The molecule has 5 rings (SSSR count). The zero-order valence-electron chi connectivity index (χ0n) is 15.8. The highest BCUT2D eigenvalue weighted by molar-refractivity contribution is 7.94. The standard InChI is InChI=1S/C21H14N2O5S3/c22-13-16-6-7-19(29-16)15-5-8-20-17(11-15)23(9-10-30(20,24)25)31(26,27)21-12-14-3-1-2-4-18(14)28-21/h1-8,11-12H,9-10H2. The number of sulfonamides is 1. The number of para-hydroxylation sites is 1. The molecule has 2 aromatic carbocycles. The minimum Gasteiger partial charge on any atom is -0.443 e. The maximum absolute atomic E-state index is 13.4. The van der Waals surface area contributed by atoms with Crippen LogP contribution in [-0.2, 0) is 19.9 Å². The summed E-state index contributed by atoms with van der Waals surface area (Å²) in [5, 5.41) is 9.47. The Hall–Kier alpha value is -3.13. The van der Waals surface area contributed by atoms with Gasteiger partial charge in [0.15, 0.2) is 9.84 Å². The summed E-state index contributed by atoms with van der Waals surface area (Å²) < 4.78 is 58.8. The first-order chi connectivity index (χ1) is 14.8. The van der Waals surface area contributed by atoms with Crippen molar-refractivity contribution < 1.29 is 21.3 Å². The van der Waals surface area contributed by atoms with E-state index in [4.69, 9.17) is 9.68 Å². The largest absolute Gasteiger partial charge is 0.443 e. The number of benzene rings is 2. The molecular formula is C21H14N2O5S3. The third-order valence-electron chi connectivity index (χ3n) is 5.07. The maximum Gasteiger partial charge on any atom is 0.297 e. The Morgan fingerprint density at radius 2 is 1.87 bits per heavy atom. The van der Waals surface area contributed by atoms with Gasteiger partial charge in [-0.05, 0) is 35.9 Å². The minimum atomic E-state index is -4.13. The van der Waals surface area contributed by atoms with Gasteiger partial charge in [0.2, 0.25) is 5.09 Å². The predicted octanol–water partition coefficient (Wildman–Crippen LogP) is 4.02. The number of nitrogens with zero attached hydrogens (tertiary/aromatic N) is 2. The molecule has 0 bridgehead atoms. The molecule has 2 aromatic heterocycles. The molecule has 0 saturated carbocycles. The number of fused-ring (bicyclic) bond motifs is 2. The highest BCUT2D eigenvalue weighted by Gasteiger charge is 2.37. The molecule has 0 fully saturated rings. The molecule has 0 spiro atoms. The lowest BCUT2D eigenvalue weighted by Gasteiger charge is -2.29. The number of hydrogen-bond acceptors (Lipinski definition) is 7. The second-order valence-electron chi connectivity index (χ2n) is 6.96. The van der Waals surface area contributed by atoms with Crippen LogP contribution in [0, 0.1) is 11.3 Å². The van der Waals surface area contributed by atoms with Crippen molar-refractivity contribution in [3.05, 3.63) is 65.5 Å². The van der Waals surface area contributed by atoms with Crippen molar-refractivity contribution in [1.29, 1.82) is 5.26 Å². The van der Waals surface area contributed by atoms with Crippen LogP contribution in [0.1, 0.15) is 4.88 Å². The lowest BCUT2D eigenvalue weighted by molar-refractivity contribution is 0.479. The average Bonchev–Trinajstić information content (AvgIpc) is 3.40. The fraction of sp³-hybridized carbons (Fsp3) is 0.0952. The highest BCUT2D eigenvalue weighted by Crippen LogP contribution is 2.39. The Kier molecular flexibility index (Phi) is 4.44. The van der Waals surface area contributed by atoms with E-state index in [1.165, 1.54) is 23.5 Å². The summed E-state index contributed by atoms with van der Waals surface area (Å²) in [6, 6.07) is 18.4. The monoisotopic (exact) mass is 470 g/mol. The van der Waals surface area contributed by atoms with Gasteiger partial charge in [-0.2, -0.15) is 13.7 Å². The number of rotatable bonds is 3. The van der Waals surface area contributed by atoms with Crippen molar-refractivity contribution in [2.75, 3.05) is 16.6 Å². The molecule has 4 aromatic rings. The van der Waals surface area contributed by atoms with E-state index in [1.54, 1.807) is 48.5 Å². The first kappa shape index (κ1) is 19.8. The number of hydrogen-bond donors (Lipinski definition) is 0. The summed E-state index contributed by atoms with van der Waals surface area (Å²) in [4.78, 5) is 1.20. The molecule has 0 radical (unpaired) electrons. The SMILES string of the molecule is N#Cc1ccc(-c2ccc3c(c2)N(S(=O)(=O)c2cc4ccccc4o2)CCS3(=O)=O)s1. The molecule has 0 aliphatic carbocycles. The molecular weight excluding hydrogens is 456 g/mol. The van der Waals surface area contributed by atoms with E-state index >= 15 is 0 Å². The van der Waals surface area contributed by atoms with Gasteiger partial charge in [-0.25, -0.2) is 8.42 Å². The van der Waals surface area contributed by atoms with E-state index in [2.05, 4.69) is 6.07 Å². The third kappa shape index (κ3) is 3.22. The van der Waals surface area contributed by atoms with E-state index in [9.17, 15) is 16.8 Å². The number of sulfone groups is 1. The lowest BCUT2D eigenvalue weighted by Crippen LogP contribution is -2.39. The summed E-state index contributed by atoms with van der Waals surface area (Å²) in [7, 11) is -7.76. The number of thiophene rings is 1. The van der Waals surface area contributed by atoms with Crippen LogP contribution in [0.3, 0.4) is 0 Å². The lowest BCUT2D eigenvalue weighted by atomic mass is 10.1. The van der Waals surface area contributed by atoms with Crippen LogP contribution >= 0.6 is 11.3 Å². The van der Waals surface area contributed by atoms with Crippen molar-refractivity contribution in [2.24, 2.45) is 0 Å². The molecule has 0 unspecified atom stereocenters. The van der Waals surface area contributed by atoms with Crippen LogP contribution in [-0.4, -0.2) is 29.1 Å². The molecule has 31 heavy (non-hydrogen) atoms. The van der Waals surface area contributed by atoms with Crippen LogP contribution in [0.4, 0.5) is 5.69 Å². The highest BCUT2D eigenvalue weighted by atomic mass is 32.2. The number of nitriles is 1. The van der Waals surface area contributed by atoms with Gasteiger partial charge >= 0.3 is 0 Å². The van der Waals surface area contributed by atoms with Crippen molar-refractivity contribution >= 4 is 47.9 Å². The van der Waals surface area contributed by atoms with Gasteiger partial charge in [0.05, 0.1) is 16.3 Å². The fourth-order valence-corrected chi connectivity index (χ4v) is 7.37. The van der Waals surface area contributed by atoms with E-state index < -0.39 is 19.9 Å². The Morgan fingerprint density at radius 3 is 2.61 bits per heavy atom. The van der Waals surface area contributed by atoms with Gasteiger partial charge in [0.25, 0.3) is 10.0 Å². The summed E-state index contributed by atoms with van der Waals surface area (Å²) in [5.41, 5.74) is 1.14. The van der Waals surface area contributed by atoms with E-state index in [-0.39, 0.29) is 28.0 Å². The Balaban J connectivity index is 1.67. The van der Waals surface area contributed by atoms with Crippen molar-refractivity contribution in [1.82, 2.24) is 0 Å². The fourth-order valence-electron chi connectivity index (χ4n) is 3.56. The quantitative estimate of drug-likeness (QED) is 0.447. The van der Waals surface area contributed by atoms with Gasteiger partial charge in [0, 0.05) is 22.9 Å². The zero-order chi connectivity index (χ0) is 21.8. The van der Waals surface area contributed by atoms with Crippen LogP contribution in [0.2, 0.25) is 0 Å². The minimum absolute atomic E-state index is 0.0424. The molecule has 1 aliphatic rings. The molecule has 0 amide bonds. The second kappa shape index (κ2) is 6.95. The summed E-state index contributed by atoms with van der Waals surface area (Å²) in [6.07, 6.45) is 0.